The van der Waals surface area contributed by atoms with E-state index in [0.717, 1.165) is 19.3 Å². The summed E-state index contributed by atoms with van der Waals surface area (Å²) >= 11 is 0. The maximum Gasteiger partial charge on any atom is 0.243 e. The Morgan fingerprint density at radius 1 is 1.07 bits per heavy atom. The molecule has 1 heterocycles. The zero-order valence-corrected chi connectivity index (χ0v) is 17.1. The van der Waals surface area contributed by atoms with Gasteiger partial charge >= 0.3 is 0 Å². The Morgan fingerprint density at radius 3 is 2.44 bits per heavy atom. The number of benzene rings is 1. The number of sulfonamides is 1. The van der Waals surface area contributed by atoms with Crippen LogP contribution < -0.4 is 5.32 Å². The van der Waals surface area contributed by atoms with E-state index in [1.807, 2.05) is 0 Å². The summed E-state index contributed by atoms with van der Waals surface area (Å²) in [5.74, 6) is 1.10. The van der Waals surface area contributed by atoms with Gasteiger partial charge in [0, 0.05) is 25.2 Å². The van der Waals surface area contributed by atoms with Crippen LogP contribution in [0, 0.1) is 11.8 Å². The lowest BCUT2D eigenvalue weighted by molar-refractivity contribution is -0.116. The van der Waals surface area contributed by atoms with Crippen molar-refractivity contribution in [3.8, 4) is 0 Å². The monoisotopic (exact) mass is 392 g/mol. The standard InChI is InChI=1S/C21H32N2O3S/c1-17-6-5-15-23(16-17)27(25,26)20-12-10-19(11-13-20)22-21(24)14-9-18-7-3-2-4-8-18/h10-13,17-18H,2-9,14-16H2,1H3,(H,22,24). The fourth-order valence-electron chi connectivity index (χ4n) is 4.26. The van der Waals surface area contributed by atoms with Gasteiger partial charge in [-0.25, -0.2) is 8.42 Å². The molecule has 0 radical (unpaired) electrons. The van der Waals surface area contributed by atoms with Gasteiger partial charge in [0.2, 0.25) is 15.9 Å². The van der Waals surface area contributed by atoms with Gasteiger partial charge in [0.25, 0.3) is 0 Å². The Labute approximate surface area is 163 Å². The minimum atomic E-state index is -3.44. The minimum absolute atomic E-state index is 0.0148. The first-order chi connectivity index (χ1) is 12.9. The summed E-state index contributed by atoms with van der Waals surface area (Å²) in [6.07, 6.45) is 9.88. The van der Waals surface area contributed by atoms with Crippen molar-refractivity contribution in [2.75, 3.05) is 18.4 Å². The molecule has 1 aliphatic carbocycles. The van der Waals surface area contributed by atoms with E-state index in [-0.39, 0.29) is 5.91 Å². The number of anilines is 1. The lowest BCUT2D eigenvalue weighted by Crippen LogP contribution is -2.39. The first kappa shape index (κ1) is 20.3. The van der Waals surface area contributed by atoms with Crippen LogP contribution in [0.1, 0.15) is 64.7 Å². The second-order valence-electron chi connectivity index (χ2n) is 8.23. The molecule has 1 amide bonds. The van der Waals surface area contributed by atoms with Gasteiger partial charge in [0.05, 0.1) is 4.90 Å². The third kappa shape index (κ3) is 5.55. The summed E-state index contributed by atoms with van der Waals surface area (Å²) in [6, 6.07) is 6.59. The zero-order valence-electron chi connectivity index (χ0n) is 16.3. The Bertz CT molecular complexity index is 724. The van der Waals surface area contributed by atoms with Crippen LogP contribution in [0.2, 0.25) is 0 Å². The summed E-state index contributed by atoms with van der Waals surface area (Å²) in [4.78, 5) is 12.5. The first-order valence-electron chi connectivity index (χ1n) is 10.4. The third-order valence-electron chi connectivity index (χ3n) is 5.90. The lowest BCUT2D eigenvalue weighted by atomic mass is 9.86. The molecule has 2 fully saturated rings. The summed E-state index contributed by atoms with van der Waals surface area (Å²) in [5, 5.41) is 2.90. The number of carbonyl (C=O) groups is 1. The summed E-state index contributed by atoms with van der Waals surface area (Å²) in [5.41, 5.74) is 0.662. The Morgan fingerprint density at radius 2 is 1.78 bits per heavy atom. The quantitative estimate of drug-likeness (QED) is 0.780. The van der Waals surface area contributed by atoms with Crippen LogP contribution in [0.3, 0.4) is 0 Å². The van der Waals surface area contributed by atoms with Crippen LogP contribution in [0.5, 0.6) is 0 Å². The molecule has 0 aromatic heterocycles. The summed E-state index contributed by atoms with van der Waals surface area (Å²) in [7, 11) is -3.44. The smallest absolute Gasteiger partial charge is 0.243 e. The topological polar surface area (TPSA) is 66.5 Å². The van der Waals surface area contributed by atoms with Crippen molar-refractivity contribution in [3.05, 3.63) is 24.3 Å². The van der Waals surface area contributed by atoms with E-state index >= 15 is 0 Å². The van der Waals surface area contributed by atoms with E-state index in [4.69, 9.17) is 0 Å². The van der Waals surface area contributed by atoms with Crippen molar-refractivity contribution in [1.82, 2.24) is 4.31 Å². The Balaban J connectivity index is 1.54. The molecule has 27 heavy (non-hydrogen) atoms. The molecular formula is C21H32N2O3S. The van der Waals surface area contributed by atoms with Crippen LogP contribution in [-0.4, -0.2) is 31.7 Å². The first-order valence-corrected chi connectivity index (χ1v) is 11.8. The van der Waals surface area contributed by atoms with Gasteiger partial charge in [-0.1, -0.05) is 39.0 Å². The fourth-order valence-corrected chi connectivity index (χ4v) is 5.86. The van der Waals surface area contributed by atoms with E-state index in [0.29, 0.717) is 41.9 Å². The molecule has 1 aliphatic heterocycles. The molecule has 150 valence electrons. The van der Waals surface area contributed by atoms with Crippen LogP contribution in [0.15, 0.2) is 29.2 Å². The van der Waals surface area contributed by atoms with Crippen molar-refractivity contribution in [2.45, 2.75) is 69.6 Å². The largest absolute Gasteiger partial charge is 0.326 e. The van der Waals surface area contributed by atoms with Gasteiger partial charge in [-0.3, -0.25) is 4.79 Å². The molecule has 1 saturated carbocycles. The molecular weight excluding hydrogens is 360 g/mol. The van der Waals surface area contributed by atoms with Crippen molar-refractivity contribution in [3.63, 3.8) is 0 Å². The molecule has 1 N–H and O–H groups in total. The van der Waals surface area contributed by atoms with E-state index in [1.165, 1.54) is 32.1 Å². The molecule has 3 rings (SSSR count). The SMILES string of the molecule is CC1CCCN(S(=O)(=O)c2ccc(NC(=O)CCC3CCCCC3)cc2)C1. The molecule has 0 bridgehead atoms. The number of hydrogen-bond donors (Lipinski definition) is 1. The van der Waals surface area contributed by atoms with Crippen molar-refractivity contribution in [2.24, 2.45) is 11.8 Å². The second-order valence-corrected chi connectivity index (χ2v) is 10.2. The zero-order chi connectivity index (χ0) is 19.3. The molecule has 1 saturated heterocycles. The van der Waals surface area contributed by atoms with Crippen molar-refractivity contribution in [1.29, 1.82) is 0 Å². The number of nitrogens with zero attached hydrogens (tertiary/aromatic N) is 1. The number of nitrogens with one attached hydrogen (secondary N) is 1. The fraction of sp³-hybridized carbons (Fsp3) is 0.667. The predicted molar refractivity (Wildman–Crippen MR) is 108 cm³/mol. The third-order valence-corrected chi connectivity index (χ3v) is 7.78. The van der Waals surface area contributed by atoms with E-state index in [2.05, 4.69) is 12.2 Å². The summed E-state index contributed by atoms with van der Waals surface area (Å²) < 4.78 is 27.1. The number of amides is 1. The number of piperidine rings is 1. The number of rotatable bonds is 6. The highest BCUT2D eigenvalue weighted by Crippen LogP contribution is 2.28. The van der Waals surface area contributed by atoms with Crippen LogP contribution in [0.25, 0.3) is 0 Å². The molecule has 1 atom stereocenters. The van der Waals surface area contributed by atoms with Crippen molar-refractivity contribution < 1.29 is 13.2 Å². The minimum Gasteiger partial charge on any atom is -0.326 e. The van der Waals surface area contributed by atoms with Crippen LogP contribution >= 0.6 is 0 Å². The van der Waals surface area contributed by atoms with Gasteiger partial charge in [-0.2, -0.15) is 4.31 Å². The van der Waals surface area contributed by atoms with Crippen molar-refractivity contribution >= 4 is 21.6 Å². The Kier molecular flexibility index (Phi) is 6.93. The highest BCUT2D eigenvalue weighted by atomic mass is 32.2. The highest BCUT2D eigenvalue weighted by molar-refractivity contribution is 7.89. The maximum atomic E-state index is 12.8. The normalized spacial score (nSPS) is 22.5. The van der Waals surface area contributed by atoms with E-state index in [1.54, 1.807) is 28.6 Å². The number of hydrogen-bond acceptors (Lipinski definition) is 3. The second kappa shape index (κ2) is 9.20. The van der Waals surface area contributed by atoms with Gasteiger partial charge in [-0.05, 0) is 55.4 Å². The lowest BCUT2D eigenvalue weighted by Gasteiger charge is -2.30. The maximum absolute atomic E-state index is 12.8. The van der Waals surface area contributed by atoms with Crippen LogP contribution in [0.4, 0.5) is 5.69 Å². The molecule has 1 unspecified atom stereocenters. The van der Waals surface area contributed by atoms with Gasteiger partial charge in [0.1, 0.15) is 0 Å². The Hall–Kier alpha value is -1.40. The molecule has 1 aromatic carbocycles. The highest BCUT2D eigenvalue weighted by Gasteiger charge is 2.28. The molecule has 0 spiro atoms. The van der Waals surface area contributed by atoms with E-state index < -0.39 is 10.0 Å². The molecule has 2 aliphatic rings. The average Bonchev–Trinajstić information content (AvgIpc) is 2.68. The van der Waals surface area contributed by atoms with Gasteiger partial charge in [-0.15, -0.1) is 0 Å². The van der Waals surface area contributed by atoms with Gasteiger partial charge in [0.15, 0.2) is 0 Å². The number of carbonyl (C=O) groups excluding carboxylic acids is 1. The predicted octanol–water partition coefficient (Wildman–Crippen LogP) is 4.41. The van der Waals surface area contributed by atoms with Gasteiger partial charge < -0.3 is 5.32 Å². The molecule has 6 heteroatoms. The van der Waals surface area contributed by atoms with E-state index in [9.17, 15) is 13.2 Å². The molecule has 5 nitrogen and oxygen atoms in total. The summed E-state index contributed by atoms with van der Waals surface area (Å²) in [6.45, 7) is 3.27. The van der Waals surface area contributed by atoms with Crippen LogP contribution in [-0.2, 0) is 14.8 Å². The average molecular weight is 393 g/mol. The molecule has 1 aromatic rings.